The quantitative estimate of drug-likeness (QED) is 0.887. The average molecular weight is 277 g/mol. The SMILES string of the molecule is Cc1cccc(O[C@H](C)C(=O)NC2CCC(O)CC2)c1. The maximum absolute atomic E-state index is 12.1. The minimum atomic E-state index is -0.511. The van der Waals surface area contributed by atoms with E-state index >= 15 is 0 Å². The normalized spacial score (nSPS) is 23.9. The van der Waals surface area contributed by atoms with Gasteiger partial charge in [0.2, 0.25) is 0 Å². The number of aliphatic hydroxyl groups is 1. The number of rotatable bonds is 4. The summed E-state index contributed by atoms with van der Waals surface area (Å²) in [5.41, 5.74) is 1.11. The Morgan fingerprint density at radius 3 is 2.70 bits per heavy atom. The van der Waals surface area contributed by atoms with Crippen molar-refractivity contribution in [3.63, 3.8) is 0 Å². The number of benzene rings is 1. The number of ether oxygens (including phenoxy) is 1. The summed E-state index contributed by atoms with van der Waals surface area (Å²) in [6, 6.07) is 7.84. The molecular formula is C16H23NO3. The summed E-state index contributed by atoms with van der Waals surface area (Å²) >= 11 is 0. The van der Waals surface area contributed by atoms with Crippen LogP contribution in [0.1, 0.15) is 38.2 Å². The molecule has 110 valence electrons. The Labute approximate surface area is 120 Å². The Balaban J connectivity index is 1.83. The highest BCUT2D eigenvalue weighted by atomic mass is 16.5. The lowest BCUT2D eigenvalue weighted by molar-refractivity contribution is -0.128. The van der Waals surface area contributed by atoms with Gasteiger partial charge < -0.3 is 15.2 Å². The Bertz CT molecular complexity index is 453. The fourth-order valence-electron chi connectivity index (χ4n) is 2.48. The fourth-order valence-corrected chi connectivity index (χ4v) is 2.48. The van der Waals surface area contributed by atoms with E-state index in [1.807, 2.05) is 31.2 Å². The number of carbonyl (C=O) groups is 1. The molecule has 1 atom stereocenters. The van der Waals surface area contributed by atoms with Crippen LogP contribution in [0, 0.1) is 6.92 Å². The molecule has 0 radical (unpaired) electrons. The monoisotopic (exact) mass is 277 g/mol. The second-order valence-electron chi connectivity index (χ2n) is 5.59. The average Bonchev–Trinajstić information content (AvgIpc) is 2.41. The predicted molar refractivity (Wildman–Crippen MR) is 77.7 cm³/mol. The van der Waals surface area contributed by atoms with Gasteiger partial charge in [-0.15, -0.1) is 0 Å². The molecule has 1 amide bonds. The molecule has 0 aromatic heterocycles. The van der Waals surface area contributed by atoms with E-state index < -0.39 is 6.10 Å². The van der Waals surface area contributed by atoms with Crippen molar-refractivity contribution in [3.8, 4) is 5.75 Å². The molecule has 1 aromatic carbocycles. The lowest BCUT2D eigenvalue weighted by atomic mass is 9.93. The van der Waals surface area contributed by atoms with Gasteiger partial charge in [-0.2, -0.15) is 0 Å². The summed E-state index contributed by atoms with van der Waals surface area (Å²) in [5.74, 6) is 0.625. The van der Waals surface area contributed by atoms with Crippen molar-refractivity contribution < 1.29 is 14.6 Å². The van der Waals surface area contributed by atoms with Gasteiger partial charge in [-0.3, -0.25) is 4.79 Å². The molecule has 4 heteroatoms. The van der Waals surface area contributed by atoms with Crippen LogP contribution in [-0.4, -0.2) is 29.3 Å². The molecule has 1 aromatic rings. The number of carbonyl (C=O) groups excluding carboxylic acids is 1. The van der Waals surface area contributed by atoms with Gasteiger partial charge in [-0.25, -0.2) is 0 Å². The number of hydrogen-bond acceptors (Lipinski definition) is 3. The fraction of sp³-hybridized carbons (Fsp3) is 0.562. The second kappa shape index (κ2) is 6.75. The molecule has 1 saturated carbocycles. The summed E-state index contributed by atoms with van der Waals surface area (Å²) < 4.78 is 5.66. The molecule has 1 aliphatic carbocycles. The Hall–Kier alpha value is -1.55. The molecule has 0 spiro atoms. The minimum absolute atomic E-state index is 0.0899. The molecule has 0 aliphatic heterocycles. The van der Waals surface area contributed by atoms with E-state index in [4.69, 9.17) is 4.74 Å². The number of amides is 1. The molecular weight excluding hydrogens is 254 g/mol. The van der Waals surface area contributed by atoms with E-state index in [0.717, 1.165) is 31.2 Å². The predicted octanol–water partition coefficient (Wildman–Crippen LogP) is 2.18. The molecule has 2 rings (SSSR count). The van der Waals surface area contributed by atoms with Crippen LogP contribution in [0.25, 0.3) is 0 Å². The highest BCUT2D eigenvalue weighted by molar-refractivity contribution is 5.81. The second-order valence-corrected chi connectivity index (χ2v) is 5.59. The Kier molecular flexibility index (Phi) is 5.01. The van der Waals surface area contributed by atoms with Gasteiger partial charge in [0.1, 0.15) is 5.75 Å². The molecule has 2 N–H and O–H groups in total. The van der Waals surface area contributed by atoms with E-state index in [1.165, 1.54) is 0 Å². The smallest absolute Gasteiger partial charge is 0.260 e. The molecule has 0 heterocycles. The largest absolute Gasteiger partial charge is 0.481 e. The van der Waals surface area contributed by atoms with Crippen LogP contribution >= 0.6 is 0 Å². The lowest BCUT2D eigenvalue weighted by Crippen LogP contribution is -2.44. The maximum atomic E-state index is 12.1. The van der Waals surface area contributed by atoms with E-state index in [2.05, 4.69) is 5.32 Å². The Morgan fingerprint density at radius 1 is 1.35 bits per heavy atom. The number of aliphatic hydroxyl groups excluding tert-OH is 1. The zero-order chi connectivity index (χ0) is 14.5. The van der Waals surface area contributed by atoms with Crippen molar-refractivity contribution >= 4 is 5.91 Å². The van der Waals surface area contributed by atoms with E-state index in [9.17, 15) is 9.90 Å². The van der Waals surface area contributed by atoms with Crippen molar-refractivity contribution in [3.05, 3.63) is 29.8 Å². The van der Waals surface area contributed by atoms with Gasteiger partial charge in [-0.05, 0) is 57.2 Å². The molecule has 0 saturated heterocycles. The molecule has 20 heavy (non-hydrogen) atoms. The van der Waals surface area contributed by atoms with E-state index in [-0.39, 0.29) is 18.1 Å². The first-order valence-electron chi connectivity index (χ1n) is 7.26. The highest BCUT2D eigenvalue weighted by Gasteiger charge is 2.23. The lowest BCUT2D eigenvalue weighted by Gasteiger charge is -2.27. The van der Waals surface area contributed by atoms with Crippen LogP contribution in [-0.2, 0) is 4.79 Å². The summed E-state index contributed by atoms with van der Waals surface area (Å²) in [6.45, 7) is 3.75. The first kappa shape index (κ1) is 14.9. The summed E-state index contributed by atoms with van der Waals surface area (Å²) in [5, 5.41) is 12.5. The molecule has 0 unspecified atom stereocenters. The van der Waals surface area contributed by atoms with Gasteiger partial charge >= 0.3 is 0 Å². The third-order valence-corrected chi connectivity index (χ3v) is 3.71. The minimum Gasteiger partial charge on any atom is -0.481 e. The standard InChI is InChI=1S/C16H23NO3/c1-11-4-3-5-15(10-11)20-12(2)16(19)17-13-6-8-14(18)9-7-13/h3-5,10,12-14,18H,6-9H2,1-2H3,(H,17,19)/t12-,13?,14?/m1/s1. The number of hydrogen-bond donors (Lipinski definition) is 2. The first-order valence-corrected chi connectivity index (χ1v) is 7.26. The zero-order valence-corrected chi connectivity index (χ0v) is 12.1. The maximum Gasteiger partial charge on any atom is 0.260 e. The van der Waals surface area contributed by atoms with Crippen LogP contribution in [0.5, 0.6) is 5.75 Å². The van der Waals surface area contributed by atoms with E-state index in [1.54, 1.807) is 6.92 Å². The van der Waals surface area contributed by atoms with Crippen LogP contribution in [0.15, 0.2) is 24.3 Å². The number of aryl methyl sites for hydroxylation is 1. The molecule has 1 aliphatic rings. The van der Waals surface area contributed by atoms with Crippen molar-refractivity contribution in [2.45, 2.75) is 57.8 Å². The first-order chi connectivity index (χ1) is 9.54. The summed E-state index contributed by atoms with van der Waals surface area (Å²) in [4.78, 5) is 12.1. The van der Waals surface area contributed by atoms with Gasteiger partial charge in [0.25, 0.3) is 5.91 Å². The van der Waals surface area contributed by atoms with Crippen molar-refractivity contribution in [2.75, 3.05) is 0 Å². The topological polar surface area (TPSA) is 58.6 Å². The molecule has 1 fully saturated rings. The highest BCUT2D eigenvalue weighted by Crippen LogP contribution is 2.19. The molecule has 0 bridgehead atoms. The van der Waals surface area contributed by atoms with E-state index in [0.29, 0.717) is 5.75 Å². The number of nitrogens with one attached hydrogen (secondary N) is 1. The van der Waals surface area contributed by atoms with Crippen molar-refractivity contribution in [1.82, 2.24) is 5.32 Å². The third-order valence-electron chi connectivity index (χ3n) is 3.71. The van der Waals surface area contributed by atoms with Crippen molar-refractivity contribution in [1.29, 1.82) is 0 Å². The Morgan fingerprint density at radius 2 is 2.05 bits per heavy atom. The summed E-state index contributed by atoms with van der Waals surface area (Å²) in [7, 11) is 0. The van der Waals surface area contributed by atoms with Gasteiger partial charge in [-0.1, -0.05) is 12.1 Å². The van der Waals surface area contributed by atoms with Gasteiger partial charge in [0.15, 0.2) is 6.10 Å². The van der Waals surface area contributed by atoms with Crippen LogP contribution in [0.3, 0.4) is 0 Å². The molecule has 4 nitrogen and oxygen atoms in total. The van der Waals surface area contributed by atoms with Gasteiger partial charge in [0.05, 0.1) is 6.10 Å². The van der Waals surface area contributed by atoms with Crippen LogP contribution in [0.4, 0.5) is 0 Å². The zero-order valence-electron chi connectivity index (χ0n) is 12.1. The van der Waals surface area contributed by atoms with Gasteiger partial charge in [0, 0.05) is 6.04 Å². The van der Waals surface area contributed by atoms with Crippen molar-refractivity contribution in [2.24, 2.45) is 0 Å². The van der Waals surface area contributed by atoms with Crippen LogP contribution < -0.4 is 10.1 Å². The van der Waals surface area contributed by atoms with Crippen LogP contribution in [0.2, 0.25) is 0 Å². The third kappa shape index (κ3) is 4.23. The summed E-state index contributed by atoms with van der Waals surface area (Å²) in [6.07, 6.45) is 2.48.